The number of anilines is 1. The van der Waals surface area contributed by atoms with Crippen LogP contribution in [0.1, 0.15) is 0 Å². The molecule has 8 heteroatoms. The second-order valence-corrected chi connectivity index (χ2v) is 1.79. The number of hydrogen-bond donors (Lipinski definition) is 3. The zero-order valence-corrected chi connectivity index (χ0v) is 5.31. The second kappa shape index (κ2) is 2.01. The van der Waals surface area contributed by atoms with Crippen LogP contribution in [0.25, 0.3) is 11.5 Å². The lowest BCUT2D eigenvalue weighted by atomic mass is 10.4. The van der Waals surface area contributed by atoms with Crippen LogP contribution in [-0.4, -0.2) is 36.0 Å². The van der Waals surface area contributed by atoms with Crippen molar-refractivity contribution in [1.82, 2.24) is 36.0 Å². The number of tetrazole rings is 1. The van der Waals surface area contributed by atoms with Crippen molar-refractivity contribution in [2.45, 2.75) is 0 Å². The number of H-pyrrole nitrogens is 2. The van der Waals surface area contributed by atoms with Gasteiger partial charge >= 0.3 is 0 Å². The van der Waals surface area contributed by atoms with Gasteiger partial charge in [-0.2, -0.15) is 15.5 Å². The van der Waals surface area contributed by atoms with Crippen molar-refractivity contribution in [3.8, 4) is 11.5 Å². The van der Waals surface area contributed by atoms with Crippen molar-refractivity contribution in [1.29, 1.82) is 0 Å². The quantitative estimate of drug-likeness (QED) is 0.460. The van der Waals surface area contributed by atoms with Gasteiger partial charge in [-0.1, -0.05) is 0 Å². The van der Waals surface area contributed by atoms with Gasteiger partial charge in [-0.05, 0) is 5.21 Å². The number of aromatic nitrogens is 7. The molecule has 0 aliphatic heterocycles. The maximum Gasteiger partial charge on any atom is 0.228 e. The van der Waals surface area contributed by atoms with E-state index in [1.807, 2.05) is 0 Å². The Morgan fingerprint density at radius 2 is 2.00 bits per heavy atom. The molecule has 0 spiro atoms. The van der Waals surface area contributed by atoms with Crippen molar-refractivity contribution >= 4 is 5.82 Å². The van der Waals surface area contributed by atoms with Crippen LogP contribution in [-0.2, 0) is 0 Å². The summed E-state index contributed by atoms with van der Waals surface area (Å²) in [6.45, 7) is 0. The van der Waals surface area contributed by atoms with E-state index in [9.17, 15) is 0 Å². The third kappa shape index (κ3) is 0.801. The number of nitrogens with zero attached hydrogens (tertiary/aromatic N) is 5. The summed E-state index contributed by atoms with van der Waals surface area (Å²) >= 11 is 0. The van der Waals surface area contributed by atoms with E-state index < -0.39 is 0 Å². The molecule has 2 heterocycles. The van der Waals surface area contributed by atoms with Gasteiger partial charge in [0.15, 0.2) is 11.5 Å². The molecule has 0 saturated carbocycles. The monoisotopic (exact) mass is 152 g/mol. The number of hydrogen-bond acceptors (Lipinski definition) is 6. The zero-order valence-electron chi connectivity index (χ0n) is 5.31. The molecule has 0 bridgehead atoms. The minimum Gasteiger partial charge on any atom is -0.380 e. The largest absolute Gasteiger partial charge is 0.380 e. The summed E-state index contributed by atoms with van der Waals surface area (Å²) in [5.74, 6) is 0.586. The summed E-state index contributed by atoms with van der Waals surface area (Å²) in [5, 5.41) is 22.6. The Labute approximate surface area is 60.2 Å². The van der Waals surface area contributed by atoms with Crippen molar-refractivity contribution in [2.24, 2.45) is 0 Å². The lowest BCUT2D eigenvalue weighted by Gasteiger charge is -1.83. The molecule has 0 fully saturated rings. The third-order valence-corrected chi connectivity index (χ3v) is 1.13. The molecule has 0 amide bonds. The SMILES string of the molecule is Nc1n[nH]nc1-c1nn[nH]n1. The van der Waals surface area contributed by atoms with E-state index in [0.29, 0.717) is 11.5 Å². The molecule has 0 atom stereocenters. The minimum absolute atomic E-state index is 0.256. The van der Waals surface area contributed by atoms with Crippen LogP contribution < -0.4 is 5.73 Å². The highest BCUT2D eigenvalue weighted by molar-refractivity contribution is 5.61. The van der Waals surface area contributed by atoms with E-state index >= 15 is 0 Å². The fourth-order valence-corrected chi connectivity index (χ4v) is 0.666. The number of nitrogen functional groups attached to an aromatic ring is 1. The molecule has 0 saturated heterocycles. The molecule has 11 heavy (non-hydrogen) atoms. The maximum atomic E-state index is 5.41. The molecule has 2 rings (SSSR count). The van der Waals surface area contributed by atoms with Crippen LogP contribution in [0.15, 0.2) is 0 Å². The molecule has 8 nitrogen and oxygen atoms in total. The highest BCUT2D eigenvalue weighted by Crippen LogP contribution is 2.13. The molecular formula is C3H4N8. The first-order chi connectivity index (χ1) is 5.38. The van der Waals surface area contributed by atoms with Crippen molar-refractivity contribution in [3.05, 3.63) is 0 Å². The first-order valence-electron chi connectivity index (χ1n) is 2.78. The number of nitrogens with two attached hydrogens (primary N) is 1. The molecule has 0 unspecified atom stereocenters. The van der Waals surface area contributed by atoms with E-state index in [1.165, 1.54) is 0 Å². The van der Waals surface area contributed by atoms with E-state index in [2.05, 4.69) is 36.0 Å². The lowest BCUT2D eigenvalue weighted by molar-refractivity contribution is 0.881. The van der Waals surface area contributed by atoms with Gasteiger partial charge in [-0.3, -0.25) is 0 Å². The van der Waals surface area contributed by atoms with Crippen LogP contribution in [0, 0.1) is 0 Å². The fraction of sp³-hybridized carbons (Fsp3) is 0. The molecule has 0 radical (unpaired) electrons. The van der Waals surface area contributed by atoms with Crippen LogP contribution in [0.5, 0.6) is 0 Å². The first-order valence-corrected chi connectivity index (χ1v) is 2.78. The maximum absolute atomic E-state index is 5.41. The predicted molar refractivity (Wildman–Crippen MR) is 34.0 cm³/mol. The molecular weight excluding hydrogens is 148 g/mol. The van der Waals surface area contributed by atoms with Crippen LogP contribution >= 0.6 is 0 Å². The first kappa shape index (κ1) is 5.77. The summed E-state index contributed by atoms with van der Waals surface area (Å²) in [7, 11) is 0. The summed E-state index contributed by atoms with van der Waals surface area (Å²) in [4.78, 5) is 0. The van der Waals surface area contributed by atoms with Gasteiger partial charge in [0.05, 0.1) is 0 Å². The van der Waals surface area contributed by atoms with Gasteiger partial charge in [0.2, 0.25) is 5.82 Å². The number of rotatable bonds is 1. The molecule has 2 aromatic heterocycles. The lowest BCUT2D eigenvalue weighted by Crippen LogP contribution is -1.89. The molecule has 4 N–H and O–H groups in total. The Hall–Kier alpha value is -1.99. The van der Waals surface area contributed by atoms with Crippen molar-refractivity contribution < 1.29 is 0 Å². The summed E-state index contributed by atoms with van der Waals surface area (Å²) in [5.41, 5.74) is 5.81. The summed E-state index contributed by atoms with van der Waals surface area (Å²) < 4.78 is 0. The Bertz CT molecular complexity index is 332. The molecule has 2 aromatic rings. The fourth-order valence-electron chi connectivity index (χ4n) is 0.666. The third-order valence-electron chi connectivity index (χ3n) is 1.13. The molecule has 0 aliphatic carbocycles. The van der Waals surface area contributed by atoms with Crippen molar-refractivity contribution in [3.63, 3.8) is 0 Å². The molecule has 0 aliphatic rings. The van der Waals surface area contributed by atoms with E-state index in [1.54, 1.807) is 0 Å². The Balaban J connectivity index is 2.53. The van der Waals surface area contributed by atoms with Gasteiger partial charge in [0.25, 0.3) is 0 Å². The van der Waals surface area contributed by atoms with Crippen LogP contribution in [0.4, 0.5) is 5.82 Å². The van der Waals surface area contributed by atoms with Gasteiger partial charge in [0.1, 0.15) is 0 Å². The number of aromatic amines is 2. The van der Waals surface area contributed by atoms with E-state index in [0.717, 1.165) is 0 Å². The smallest absolute Gasteiger partial charge is 0.228 e. The van der Waals surface area contributed by atoms with E-state index in [4.69, 9.17) is 5.73 Å². The number of nitrogens with one attached hydrogen (secondary N) is 2. The van der Waals surface area contributed by atoms with Gasteiger partial charge < -0.3 is 5.73 Å². The predicted octanol–water partition coefficient (Wildman–Crippen LogP) is -1.43. The van der Waals surface area contributed by atoms with Crippen LogP contribution in [0.2, 0.25) is 0 Å². The normalized spacial score (nSPS) is 10.2. The van der Waals surface area contributed by atoms with E-state index in [-0.39, 0.29) is 5.82 Å². The average molecular weight is 152 g/mol. The zero-order chi connectivity index (χ0) is 7.68. The topological polar surface area (TPSA) is 122 Å². The molecule has 56 valence electrons. The van der Waals surface area contributed by atoms with Gasteiger partial charge in [-0.15, -0.1) is 15.3 Å². The average Bonchev–Trinajstić information content (AvgIpc) is 2.55. The highest BCUT2D eigenvalue weighted by Gasteiger charge is 2.10. The van der Waals surface area contributed by atoms with Gasteiger partial charge in [0, 0.05) is 0 Å². The minimum atomic E-state index is 0.256. The van der Waals surface area contributed by atoms with Crippen molar-refractivity contribution in [2.75, 3.05) is 5.73 Å². The Kier molecular flexibility index (Phi) is 1.05. The Morgan fingerprint density at radius 3 is 2.55 bits per heavy atom. The van der Waals surface area contributed by atoms with Crippen LogP contribution in [0.3, 0.4) is 0 Å². The summed E-state index contributed by atoms with van der Waals surface area (Å²) in [6, 6.07) is 0. The highest BCUT2D eigenvalue weighted by atomic mass is 15.5. The Morgan fingerprint density at radius 1 is 1.09 bits per heavy atom. The molecule has 0 aromatic carbocycles. The summed E-state index contributed by atoms with van der Waals surface area (Å²) in [6.07, 6.45) is 0. The standard InChI is InChI=1S/C3H4N8/c4-2-1(5-9-6-2)3-7-10-11-8-3/h(H3,4,5,6,9)(H,7,8,10,11). The van der Waals surface area contributed by atoms with Gasteiger partial charge in [-0.25, -0.2) is 0 Å². The second-order valence-electron chi connectivity index (χ2n) is 1.79.